The number of aliphatic hydroxyl groups excluding tert-OH is 1. The van der Waals surface area contributed by atoms with Gasteiger partial charge in [-0.25, -0.2) is 0 Å². The fraction of sp³-hybridized carbons (Fsp3) is 0.312. The van der Waals surface area contributed by atoms with Crippen LogP contribution < -0.4 is 9.47 Å². The van der Waals surface area contributed by atoms with Crippen LogP contribution in [0.4, 0.5) is 0 Å². The third kappa shape index (κ3) is 5.59. The Morgan fingerprint density at radius 1 is 0.947 bits per heavy atom. The second-order valence-electron chi connectivity index (χ2n) is 10.8. The molecule has 0 saturated carbocycles. The average molecular weight is 514 g/mol. The van der Waals surface area contributed by atoms with Crippen LogP contribution in [-0.4, -0.2) is 34.9 Å². The van der Waals surface area contributed by atoms with Crippen LogP contribution in [0, 0.1) is 0 Å². The fourth-order valence-corrected chi connectivity index (χ4v) is 4.64. The third-order valence-electron chi connectivity index (χ3n) is 6.62. The summed E-state index contributed by atoms with van der Waals surface area (Å²) in [6, 6.07) is 21.4. The number of amides is 1. The van der Waals surface area contributed by atoms with Crippen molar-refractivity contribution >= 4 is 17.4 Å². The number of methoxy groups -OCH3 is 1. The van der Waals surface area contributed by atoms with Crippen molar-refractivity contribution in [2.45, 2.75) is 58.7 Å². The second kappa shape index (κ2) is 10.7. The van der Waals surface area contributed by atoms with Gasteiger partial charge in [-0.05, 0) is 72.4 Å². The smallest absolute Gasteiger partial charge is 0.295 e. The molecule has 3 aromatic carbocycles. The highest BCUT2D eigenvalue weighted by atomic mass is 16.5. The van der Waals surface area contributed by atoms with E-state index in [4.69, 9.17) is 9.47 Å². The molecule has 1 atom stereocenters. The number of nitrogens with zero attached hydrogens (tertiary/aromatic N) is 1. The Labute approximate surface area is 224 Å². The number of hydrogen-bond acceptors (Lipinski definition) is 5. The summed E-state index contributed by atoms with van der Waals surface area (Å²) in [5.41, 5.74) is 3.16. The quantitative estimate of drug-likeness (QED) is 0.225. The van der Waals surface area contributed by atoms with E-state index in [1.54, 1.807) is 31.4 Å². The molecule has 6 nitrogen and oxygen atoms in total. The van der Waals surface area contributed by atoms with E-state index < -0.39 is 17.7 Å². The van der Waals surface area contributed by atoms with E-state index in [0.717, 1.165) is 16.7 Å². The monoisotopic (exact) mass is 513 g/mol. The number of hydrogen-bond donors (Lipinski definition) is 1. The molecule has 1 N–H and O–H groups in total. The molecule has 0 bridgehead atoms. The van der Waals surface area contributed by atoms with E-state index in [0.29, 0.717) is 17.1 Å². The second-order valence-corrected chi connectivity index (χ2v) is 10.8. The lowest BCUT2D eigenvalue weighted by Crippen LogP contribution is -2.29. The molecule has 0 aliphatic carbocycles. The molecular weight excluding hydrogens is 478 g/mol. The summed E-state index contributed by atoms with van der Waals surface area (Å²) in [4.78, 5) is 28.3. The highest BCUT2D eigenvalue weighted by Gasteiger charge is 2.46. The van der Waals surface area contributed by atoms with Crippen LogP contribution in [-0.2, 0) is 21.5 Å². The predicted octanol–water partition coefficient (Wildman–Crippen LogP) is 6.40. The van der Waals surface area contributed by atoms with Gasteiger partial charge < -0.3 is 19.5 Å². The zero-order valence-corrected chi connectivity index (χ0v) is 22.8. The van der Waals surface area contributed by atoms with Gasteiger partial charge in [0.2, 0.25) is 0 Å². The average Bonchev–Trinajstić information content (AvgIpc) is 3.13. The van der Waals surface area contributed by atoms with E-state index in [9.17, 15) is 14.7 Å². The van der Waals surface area contributed by atoms with Crippen LogP contribution in [0.15, 0.2) is 78.4 Å². The normalized spacial score (nSPS) is 17.2. The van der Waals surface area contributed by atoms with E-state index in [2.05, 4.69) is 20.8 Å². The maximum atomic E-state index is 13.4. The number of likely N-dealkylation sites (tertiary alicyclic amines) is 1. The van der Waals surface area contributed by atoms with E-state index in [-0.39, 0.29) is 29.4 Å². The first-order valence-corrected chi connectivity index (χ1v) is 12.8. The SMILES string of the molecule is COc1cccc(CN2C(=O)C(=O)/C(=C(\O)c3ccc(OC(C)C)cc3)C2c2ccc(C(C)(C)C)cc2)c1. The lowest BCUT2D eigenvalue weighted by Gasteiger charge is -2.27. The number of ketones is 1. The molecule has 1 fully saturated rings. The number of benzene rings is 3. The standard InChI is InChI=1S/C32H35NO5/c1-20(2)38-25-16-12-23(13-17-25)29(34)27-28(22-10-14-24(15-11-22)32(3,4)5)33(31(36)30(27)35)19-21-8-7-9-26(18-21)37-6/h7-18,20,28,34H,19H2,1-6H3/b29-27-. The Balaban J connectivity index is 1.81. The molecule has 1 saturated heterocycles. The number of aliphatic hydroxyl groups is 1. The Kier molecular flexibility index (Phi) is 7.63. The van der Waals surface area contributed by atoms with Crippen LogP contribution >= 0.6 is 0 Å². The van der Waals surface area contributed by atoms with Gasteiger partial charge in [0.15, 0.2) is 0 Å². The van der Waals surface area contributed by atoms with Gasteiger partial charge in [0.1, 0.15) is 17.3 Å². The van der Waals surface area contributed by atoms with Crippen LogP contribution in [0.3, 0.4) is 0 Å². The van der Waals surface area contributed by atoms with Gasteiger partial charge in [-0.15, -0.1) is 0 Å². The Morgan fingerprint density at radius 3 is 2.18 bits per heavy atom. The van der Waals surface area contributed by atoms with E-state index in [1.165, 1.54) is 4.90 Å². The summed E-state index contributed by atoms with van der Waals surface area (Å²) in [5, 5.41) is 11.4. The van der Waals surface area contributed by atoms with Crippen LogP contribution in [0.5, 0.6) is 11.5 Å². The minimum atomic E-state index is -0.748. The zero-order valence-electron chi connectivity index (χ0n) is 22.8. The largest absolute Gasteiger partial charge is 0.507 e. The Hall–Kier alpha value is -4.06. The first-order chi connectivity index (χ1) is 18.0. The molecule has 0 spiro atoms. The van der Waals surface area contributed by atoms with Crippen molar-refractivity contribution in [2.75, 3.05) is 7.11 Å². The van der Waals surface area contributed by atoms with Crippen molar-refractivity contribution in [3.63, 3.8) is 0 Å². The van der Waals surface area contributed by atoms with Crippen molar-refractivity contribution in [3.8, 4) is 11.5 Å². The molecule has 38 heavy (non-hydrogen) atoms. The molecule has 1 aliphatic heterocycles. The first-order valence-electron chi connectivity index (χ1n) is 12.8. The van der Waals surface area contributed by atoms with Gasteiger partial charge in [-0.1, -0.05) is 57.2 Å². The summed E-state index contributed by atoms with van der Waals surface area (Å²) in [6.45, 7) is 10.4. The highest BCUT2D eigenvalue weighted by Crippen LogP contribution is 2.41. The lowest BCUT2D eigenvalue weighted by atomic mass is 9.85. The molecule has 4 rings (SSSR count). The Bertz CT molecular complexity index is 1350. The van der Waals surface area contributed by atoms with Crippen LogP contribution in [0.2, 0.25) is 0 Å². The third-order valence-corrected chi connectivity index (χ3v) is 6.62. The highest BCUT2D eigenvalue weighted by molar-refractivity contribution is 6.46. The number of ether oxygens (including phenoxy) is 2. The molecule has 0 radical (unpaired) electrons. The molecule has 6 heteroatoms. The number of carbonyl (C=O) groups is 2. The van der Waals surface area contributed by atoms with Crippen molar-refractivity contribution in [1.29, 1.82) is 0 Å². The van der Waals surface area contributed by atoms with Gasteiger partial charge in [0.25, 0.3) is 11.7 Å². The minimum absolute atomic E-state index is 0.00690. The first kappa shape index (κ1) is 27.0. The summed E-state index contributed by atoms with van der Waals surface area (Å²) in [5.74, 6) is -0.257. The van der Waals surface area contributed by atoms with Crippen molar-refractivity contribution in [2.24, 2.45) is 0 Å². The van der Waals surface area contributed by atoms with Crippen molar-refractivity contribution in [3.05, 3.63) is 101 Å². The fourth-order valence-electron chi connectivity index (χ4n) is 4.64. The summed E-state index contributed by atoms with van der Waals surface area (Å²) >= 11 is 0. The molecule has 3 aromatic rings. The molecule has 0 aromatic heterocycles. The Morgan fingerprint density at radius 2 is 1.61 bits per heavy atom. The molecule has 1 aliphatic rings. The molecule has 1 amide bonds. The van der Waals surface area contributed by atoms with Crippen LogP contribution in [0.25, 0.3) is 5.76 Å². The van der Waals surface area contributed by atoms with Gasteiger partial charge in [-0.3, -0.25) is 9.59 Å². The number of rotatable bonds is 7. The molecule has 198 valence electrons. The molecule has 1 unspecified atom stereocenters. The number of carbonyl (C=O) groups excluding carboxylic acids is 2. The van der Waals surface area contributed by atoms with Gasteiger partial charge >= 0.3 is 0 Å². The predicted molar refractivity (Wildman–Crippen MR) is 148 cm³/mol. The van der Waals surface area contributed by atoms with Gasteiger partial charge in [-0.2, -0.15) is 0 Å². The molecule has 1 heterocycles. The van der Waals surface area contributed by atoms with E-state index >= 15 is 0 Å². The van der Waals surface area contributed by atoms with E-state index in [1.807, 2.05) is 62.4 Å². The van der Waals surface area contributed by atoms with Crippen molar-refractivity contribution < 1.29 is 24.2 Å². The maximum absolute atomic E-state index is 13.4. The minimum Gasteiger partial charge on any atom is -0.507 e. The maximum Gasteiger partial charge on any atom is 0.295 e. The summed E-state index contributed by atoms with van der Waals surface area (Å²) in [6.07, 6.45) is 0.00690. The van der Waals surface area contributed by atoms with Gasteiger partial charge in [0.05, 0.1) is 24.8 Å². The van der Waals surface area contributed by atoms with Crippen LogP contribution in [0.1, 0.15) is 62.9 Å². The topological polar surface area (TPSA) is 76.1 Å². The zero-order chi connectivity index (χ0) is 27.6. The molecular formula is C32H35NO5. The summed E-state index contributed by atoms with van der Waals surface area (Å²) in [7, 11) is 1.58. The summed E-state index contributed by atoms with van der Waals surface area (Å²) < 4.78 is 11.1. The lowest BCUT2D eigenvalue weighted by molar-refractivity contribution is -0.140. The number of Topliss-reactive ketones (excluding diaryl/α,β-unsaturated/α-hetero) is 1. The van der Waals surface area contributed by atoms with Gasteiger partial charge in [0, 0.05) is 12.1 Å². The van der Waals surface area contributed by atoms with Crippen molar-refractivity contribution in [1.82, 2.24) is 4.90 Å².